The molecule has 0 aromatic carbocycles. The normalized spacial score (nSPS) is 11.3. The van der Waals surface area contributed by atoms with E-state index in [1.54, 1.807) is 0 Å². The van der Waals surface area contributed by atoms with Crippen LogP contribution in [0.5, 0.6) is 0 Å². The fraction of sp³-hybridized carbons (Fsp3) is 1.00. The molecule has 14 heteroatoms. The average Bonchev–Trinajstić information content (AvgIpc) is 2.05. The van der Waals surface area contributed by atoms with E-state index in [9.17, 15) is 26.3 Å². The molecule has 0 aromatic heterocycles. The van der Waals surface area contributed by atoms with E-state index in [1.807, 2.05) is 0 Å². The molecule has 0 radical (unpaired) electrons. The van der Waals surface area contributed by atoms with Crippen LogP contribution in [0, 0.1) is 4.41 Å². The van der Waals surface area contributed by atoms with Crippen LogP contribution < -0.4 is 0 Å². The van der Waals surface area contributed by atoms with Crippen LogP contribution in [0.1, 0.15) is 0 Å². The first-order valence-corrected chi connectivity index (χ1v) is 5.05. The number of hydrogen-bond acceptors (Lipinski definition) is 7. The Morgan fingerprint density at radius 1 is 0.688 bits per heavy atom. The Bertz CT molecular complexity index is 282. The minimum absolute atomic E-state index is 2.81. The quantitative estimate of drug-likeness (QED) is 0.539. The molecule has 5 nitrogen and oxygen atoms in total. The number of halogens is 6. The van der Waals surface area contributed by atoms with Gasteiger partial charge in [-0.15, -0.1) is 0 Å². The third-order valence-electron chi connectivity index (χ3n) is 0.378. The van der Waals surface area contributed by atoms with Crippen LogP contribution >= 0.6 is 0 Å². The fourth-order valence-corrected chi connectivity index (χ4v) is 0. The number of alkyl halides is 6. The number of hydrogen-bond donors (Lipinski definition) is 1. The third-order valence-corrected chi connectivity index (χ3v) is 1.13. The Hall–Kier alpha value is -0.214. The fourth-order valence-electron chi connectivity index (χ4n) is 0. The predicted octanol–water partition coefficient (Wildman–Crippen LogP) is 1.93. The molecule has 0 bridgehead atoms. The monoisotopic (exact) mass is 340 g/mol. The topological polar surface area (TPSA) is 92.1 Å². The van der Waals surface area contributed by atoms with Gasteiger partial charge in [-0.25, -0.2) is 0 Å². The van der Waals surface area contributed by atoms with Gasteiger partial charge < -0.3 is 16.8 Å². The second-order valence-electron chi connectivity index (χ2n) is 1.36. The zero-order valence-corrected chi connectivity index (χ0v) is 9.22. The summed E-state index contributed by atoms with van der Waals surface area (Å²) in [6.07, 6.45) is 0. The van der Waals surface area contributed by atoms with Crippen LogP contribution in [0.25, 0.3) is 0 Å². The van der Waals surface area contributed by atoms with Gasteiger partial charge in [0.15, 0.2) is 0 Å². The van der Waals surface area contributed by atoms with Gasteiger partial charge in [0.2, 0.25) is 0 Å². The van der Waals surface area contributed by atoms with E-state index in [2.05, 4.69) is 15.5 Å². The van der Waals surface area contributed by atoms with E-state index in [0.29, 0.717) is 0 Å². The zero-order valence-electron chi connectivity index (χ0n) is 6.55. The van der Waals surface area contributed by atoms with Gasteiger partial charge in [0.05, 0.1) is 0 Å². The Balaban J connectivity index is -0.000000183. The number of rotatable bonds is 0. The van der Waals surface area contributed by atoms with E-state index in [0.717, 1.165) is 0 Å². The van der Waals surface area contributed by atoms with E-state index < -0.39 is 32.4 Å². The van der Waals surface area contributed by atoms with Gasteiger partial charge in [-0.2, -0.15) is 26.3 Å². The number of nitrogens with one attached hydrogen (secondary N) is 1. The Kier molecular flexibility index (Phi) is 11.7. The van der Waals surface area contributed by atoms with Crippen molar-refractivity contribution in [3.8, 4) is 0 Å². The summed E-state index contributed by atoms with van der Waals surface area (Å²) in [5.41, 5.74) is -10.2. The molecule has 0 spiro atoms. The van der Waals surface area contributed by atoms with Crippen LogP contribution in [-0.2, 0) is 53.8 Å². The van der Waals surface area contributed by atoms with Crippen molar-refractivity contribution < 1.29 is 58.7 Å². The molecule has 0 atom stereocenters. The molecule has 0 saturated carbocycles. The second kappa shape index (κ2) is 8.88. The molecule has 1 N–H and O–H groups in total. The summed E-state index contributed by atoms with van der Waals surface area (Å²) < 4.78 is 104. The molecule has 16 heavy (non-hydrogen) atoms. The molecule has 0 fully saturated rings. The summed E-state index contributed by atoms with van der Waals surface area (Å²) in [5, 5.41) is 0. The van der Waals surface area contributed by atoms with Crippen LogP contribution in [0.2, 0.25) is 0 Å². The summed E-state index contributed by atoms with van der Waals surface area (Å²) in [6.45, 7) is 0. The van der Waals surface area contributed by atoms with Crippen LogP contribution in [0.3, 0.4) is 0 Å². The first kappa shape index (κ1) is 21.1. The predicted molar refractivity (Wildman–Crippen MR) is 32.3 cm³/mol. The van der Waals surface area contributed by atoms with Gasteiger partial charge in [-0.05, 0) is 0 Å². The zero-order chi connectivity index (χ0) is 14.2. The van der Waals surface area contributed by atoms with Crippen molar-refractivity contribution in [3.05, 3.63) is 0 Å². The van der Waals surface area contributed by atoms with E-state index in [1.165, 1.54) is 0 Å². The molecule has 0 aromatic rings. The summed E-state index contributed by atoms with van der Waals surface area (Å²) in [4.78, 5) is 0. The van der Waals surface area contributed by atoms with Crippen molar-refractivity contribution in [2.45, 2.75) is 11.0 Å². The summed E-state index contributed by atoms with van der Waals surface area (Å²) in [6, 6.07) is 0. The van der Waals surface area contributed by atoms with Crippen molar-refractivity contribution in [3.63, 3.8) is 0 Å². The van der Waals surface area contributed by atoms with Crippen molar-refractivity contribution in [1.82, 2.24) is 0 Å². The maximum atomic E-state index is 10.6. The third kappa shape index (κ3) is 16.2. The molecule has 0 aliphatic rings. The SMILES string of the molecule is O=[S-](=O)C(F)(F)F.O=[S-](=O)C(F)(F)F.[NH]=[Co]. The second-order valence-corrected chi connectivity index (χ2v) is 3.23. The molecule has 0 aliphatic heterocycles. The Labute approximate surface area is 95.9 Å². The summed E-state index contributed by atoms with van der Waals surface area (Å²) in [5.74, 6) is 0. The van der Waals surface area contributed by atoms with Crippen LogP contribution in [0.4, 0.5) is 26.3 Å². The van der Waals surface area contributed by atoms with Gasteiger partial charge in [0.25, 0.3) is 0 Å². The van der Waals surface area contributed by atoms with Crippen molar-refractivity contribution in [2.24, 2.45) is 0 Å². The summed E-state index contributed by atoms with van der Waals surface area (Å²) >= 11 is 2.81. The maximum absolute atomic E-state index is 10.6. The Morgan fingerprint density at radius 3 is 0.750 bits per heavy atom. The molecule has 0 aliphatic carbocycles. The first-order valence-electron chi connectivity index (χ1n) is 2.38. The molecule has 0 rings (SSSR count). The van der Waals surface area contributed by atoms with E-state index in [4.69, 9.17) is 21.2 Å². The standard InChI is InChI=1S/2CF3O2S.Co.HN/c2*2-1(3,4)7(5)6;;/h;;;1H/q2*-1;;. The van der Waals surface area contributed by atoms with E-state index >= 15 is 0 Å². The van der Waals surface area contributed by atoms with Gasteiger partial charge >= 0.3 is 31.0 Å². The molecule has 0 saturated heterocycles. The van der Waals surface area contributed by atoms with Crippen LogP contribution in [-0.4, -0.2) is 11.0 Å². The van der Waals surface area contributed by atoms with Crippen molar-refractivity contribution in [2.75, 3.05) is 0 Å². The molecule has 103 valence electrons. The molecule has 0 unspecified atom stereocenters. The molecule has 0 amide bonds. The van der Waals surface area contributed by atoms with Crippen molar-refractivity contribution in [1.29, 1.82) is 4.41 Å². The van der Waals surface area contributed by atoms with Gasteiger partial charge in [0, 0.05) is 21.4 Å². The summed E-state index contributed by atoms with van der Waals surface area (Å²) in [7, 11) is -7.87. The molecule has 0 heterocycles. The average molecular weight is 340 g/mol. The van der Waals surface area contributed by atoms with Crippen molar-refractivity contribution >= 4 is 21.4 Å². The van der Waals surface area contributed by atoms with Gasteiger partial charge in [-0.1, -0.05) is 0 Å². The molecular weight excluding hydrogens is 339 g/mol. The van der Waals surface area contributed by atoms with Gasteiger partial charge in [-0.3, -0.25) is 0 Å². The Morgan fingerprint density at radius 2 is 0.750 bits per heavy atom. The van der Waals surface area contributed by atoms with Gasteiger partial charge in [0.1, 0.15) is 0 Å². The van der Waals surface area contributed by atoms with Crippen LogP contribution in [0.15, 0.2) is 0 Å². The van der Waals surface area contributed by atoms with E-state index in [-0.39, 0.29) is 0 Å². The molecular formula is C2HCoF6NO4S2-2. The minimum atomic E-state index is -5.08. The first-order chi connectivity index (χ1) is 6.89.